The minimum atomic E-state index is -1.03. The molecule has 0 radical (unpaired) electrons. The summed E-state index contributed by atoms with van der Waals surface area (Å²) in [5, 5.41) is 11.8. The number of aromatic carboxylic acids is 1. The number of aromatic nitrogens is 1. The lowest BCUT2D eigenvalue weighted by molar-refractivity contribution is 0.0690. The molecule has 1 unspecified atom stereocenters. The normalized spacial score (nSPS) is 22.1. The van der Waals surface area contributed by atoms with Crippen LogP contribution in [0.1, 0.15) is 10.5 Å². The van der Waals surface area contributed by atoms with Crippen LogP contribution in [0, 0.1) is 0 Å². The lowest BCUT2D eigenvalue weighted by Gasteiger charge is -2.37. The smallest absolute Gasteiger partial charge is 0.354 e. The number of nitrogens with one attached hydrogen (secondary N) is 1. The number of rotatable bonds is 2. The molecule has 0 aliphatic carbocycles. The van der Waals surface area contributed by atoms with Crippen molar-refractivity contribution in [3.63, 3.8) is 0 Å². The number of fused-ring (bicyclic) bond motifs is 1. The van der Waals surface area contributed by atoms with Gasteiger partial charge >= 0.3 is 12.0 Å². The highest BCUT2D eigenvalue weighted by molar-refractivity contribution is 5.86. The van der Waals surface area contributed by atoms with Gasteiger partial charge < -0.3 is 20.2 Å². The lowest BCUT2D eigenvalue weighted by atomic mass is 10.1. The van der Waals surface area contributed by atoms with Crippen molar-refractivity contribution in [1.82, 2.24) is 15.2 Å². The Morgan fingerprint density at radius 2 is 2.32 bits per heavy atom. The van der Waals surface area contributed by atoms with Crippen molar-refractivity contribution in [3.05, 3.63) is 24.0 Å². The zero-order chi connectivity index (χ0) is 13.4. The Bertz CT molecular complexity index is 533. The SMILES string of the molecule is O=C(O)c1cc(N2CCN3C(=O)NCC3C2)ccn1. The summed E-state index contributed by atoms with van der Waals surface area (Å²) < 4.78 is 0. The van der Waals surface area contributed by atoms with Gasteiger partial charge in [0.1, 0.15) is 5.69 Å². The number of nitrogens with zero attached hydrogens (tertiary/aromatic N) is 3. The Kier molecular flexibility index (Phi) is 2.73. The van der Waals surface area contributed by atoms with E-state index in [9.17, 15) is 9.59 Å². The molecule has 1 atom stereocenters. The first kappa shape index (κ1) is 11.8. The Morgan fingerprint density at radius 1 is 1.47 bits per heavy atom. The average molecular weight is 262 g/mol. The van der Waals surface area contributed by atoms with E-state index in [-0.39, 0.29) is 17.8 Å². The molecule has 2 aliphatic heterocycles. The highest BCUT2D eigenvalue weighted by Gasteiger charge is 2.35. The molecule has 3 heterocycles. The summed E-state index contributed by atoms with van der Waals surface area (Å²) >= 11 is 0. The fourth-order valence-corrected chi connectivity index (χ4v) is 2.57. The van der Waals surface area contributed by atoms with Gasteiger partial charge in [-0.05, 0) is 12.1 Å². The quantitative estimate of drug-likeness (QED) is 0.783. The van der Waals surface area contributed by atoms with Crippen LogP contribution in [0.5, 0.6) is 0 Å². The van der Waals surface area contributed by atoms with Crippen molar-refractivity contribution in [3.8, 4) is 0 Å². The van der Waals surface area contributed by atoms with Gasteiger partial charge in [-0.25, -0.2) is 14.6 Å². The van der Waals surface area contributed by atoms with E-state index >= 15 is 0 Å². The summed E-state index contributed by atoms with van der Waals surface area (Å²) in [4.78, 5) is 30.2. The third-order valence-corrected chi connectivity index (χ3v) is 3.56. The molecule has 1 aromatic rings. The second kappa shape index (κ2) is 4.42. The first-order valence-corrected chi connectivity index (χ1v) is 6.14. The summed E-state index contributed by atoms with van der Waals surface area (Å²) in [7, 11) is 0. The molecule has 0 spiro atoms. The standard InChI is InChI=1S/C12H14N4O3/c17-11(18)10-5-8(1-2-13-10)15-3-4-16-9(7-15)6-14-12(16)19/h1-2,5,9H,3-4,6-7H2,(H,14,19)(H,17,18). The zero-order valence-electron chi connectivity index (χ0n) is 10.2. The van der Waals surface area contributed by atoms with Crippen LogP contribution in [-0.4, -0.2) is 59.2 Å². The fraction of sp³-hybridized carbons (Fsp3) is 0.417. The van der Waals surface area contributed by atoms with Crippen molar-refractivity contribution < 1.29 is 14.7 Å². The Balaban J connectivity index is 1.78. The molecule has 0 bridgehead atoms. The summed E-state index contributed by atoms with van der Waals surface area (Å²) in [6, 6.07) is 3.52. The summed E-state index contributed by atoms with van der Waals surface area (Å²) in [5.74, 6) is -1.03. The number of anilines is 1. The van der Waals surface area contributed by atoms with Crippen LogP contribution in [0.25, 0.3) is 0 Å². The number of amides is 2. The third-order valence-electron chi connectivity index (χ3n) is 3.56. The number of carboxylic acids is 1. The lowest BCUT2D eigenvalue weighted by Crippen LogP contribution is -2.52. The molecule has 3 rings (SSSR count). The summed E-state index contributed by atoms with van der Waals surface area (Å²) in [5.41, 5.74) is 0.881. The van der Waals surface area contributed by atoms with Gasteiger partial charge in [-0.1, -0.05) is 0 Å². The largest absolute Gasteiger partial charge is 0.477 e. The molecule has 2 N–H and O–H groups in total. The third kappa shape index (κ3) is 2.07. The van der Waals surface area contributed by atoms with Crippen molar-refractivity contribution >= 4 is 17.7 Å². The van der Waals surface area contributed by atoms with Crippen molar-refractivity contribution in [2.45, 2.75) is 6.04 Å². The molecule has 2 saturated heterocycles. The van der Waals surface area contributed by atoms with Crippen LogP contribution >= 0.6 is 0 Å². The Hall–Kier alpha value is -2.31. The van der Waals surface area contributed by atoms with Gasteiger partial charge in [0.15, 0.2) is 0 Å². The minimum Gasteiger partial charge on any atom is -0.477 e. The fourth-order valence-electron chi connectivity index (χ4n) is 2.57. The monoisotopic (exact) mass is 262 g/mol. The first-order valence-electron chi connectivity index (χ1n) is 6.14. The van der Waals surface area contributed by atoms with E-state index < -0.39 is 5.97 Å². The molecule has 0 saturated carbocycles. The Morgan fingerprint density at radius 3 is 3.11 bits per heavy atom. The maximum atomic E-state index is 11.5. The molecular formula is C12H14N4O3. The van der Waals surface area contributed by atoms with Crippen LogP contribution < -0.4 is 10.2 Å². The molecule has 7 nitrogen and oxygen atoms in total. The van der Waals surface area contributed by atoms with E-state index in [0.29, 0.717) is 26.2 Å². The van der Waals surface area contributed by atoms with Gasteiger partial charge in [-0.2, -0.15) is 0 Å². The van der Waals surface area contributed by atoms with E-state index in [1.807, 2.05) is 4.90 Å². The molecule has 2 amide bonds. The topological polar surface area (TPSA) is 85.8 Å². The molecule has 2 fully saturated rings. The first-order chi connectivity index (χ1) is 9.15. The zero-order valence-corrected chi connectivity index (χ0v) is 10.2. The predicted molar refractivity (Wildman–Crippen MR) is 67.3 cm³/mol. The number of hydrogen-bond acceptors (Lipinski definition) is 4. The van der Waals surface area contributed by atoms with E-state index in [1.54, 1.807) is 12.1 Å². The van der Waals surface area contributed by atoms with Crippen molar-refractivity contribution in [1.29, 1.82) is 0 Å². The maximum Gasteiger partial charge on any atom is 0.354 e. The van der Waals surface area contributed by atoms with E-state index in [2.05, 4.69) is 15.2 Å². The van der Waals surface area contributed by atoms with E-state index in [0.717, 1.165) is 5.69 Å². The molecule has 100 valence electrons. The summed E-state index contributed by atoms with van der Waals surface area (Å²) in [6.45, 7) is 2.71. The summed E-state index contributed by atoms with van der Waals surface area (Å²) in [6.07, 6.45) is 1.50. The molecule has 19 heavy (non-hydrogen) atoms. The number of pyridine rings is 1. The average Bonchev–Trinajstić information content (AvgIpc) is 2.80. The van der Waals surface area contributed by atoms with Crippen molar-refractivity contribution in [2.24, 2.45) is 0 Å². The van der Waals surface area contributed by atoms with Gasteiger partial charge in [0.25, 0.3) is 0 Å². The highest BCUT2D eigenvalue weighted by Crippen LogP contribution is 2.21. The second-order valence-electron chi connectivity index (χ2n) is 4.68. The number of hydrogen-bond donors (Lipinski definition) is 2. The molecule has 2 aliphatic rings. The molecule has 7 heteroatoms. The van der Waals surface area contributed by atoms with Gasteiger partial charge in [-0.3, -0.25) is 0 Å². The predicted octanol–water partition coefficient (Wildman–Crippen LogP) is -0.00640. The van der Waals surface area contributed by atoms with Crippen LogP contribution in [0.15, 0.2) is 18.3 Å². The van der Waals surface area contributed by atoms with Gasteiger partial charge in [0.2, 0.25) is 0 Å². The maximum absolute atomic E-state index is 11.5. The van der Waals surface area contributed by atoms with Crippen LogP contribution in [0.4, 0.5) is 10.5 Å². The van der Waals surface area contributed by atoms with E-state index in [4.69, 9.17) is 5.11 Å². The number of carboxylic acid groups (broad SMARTS) is 1. The number of urea groups is 1. The van der Waals surface area contributed by atoms with E-state index in [1.165, 1.54) is 6.20 Å². The number of carbonyl (C=O) groups excluding carboxylic acids is 1. The van der Waals surface area contributed by atoms with Crippen LogP contribution in [0.3, 0.4) is 0 Å². The number of carbonyl (C=O) groups is 2. The van der Waals surface area contributed by atoms with Gasteiger partial charge in [-0.15, -0.1) is 0 Å². The highest BCUT2D eigenvalue weighted by atomic mass is 16.4. The molecule has 0 aromatic carbocycles. The number of piperazine rings is 1. The molecule has 1 aromatic heterocycles. The van der Waals surface area contributed by atoms with Crippen LogP contribution in [0.2, 0.25) is 0 Å². The molecular weight excluding hydrogens is 248 g/mol. The van der Waals surface area contributed by atoms with Crippen LogP contribution in [-0.2, 0) is 0 Å². The van der Waals surface area contributed by atoms with Gasteiger partial charge in [0.05, 0.1) is 6.04 Å². The van der Waals surface area contributed by atoms with Gasteiger partial charge in [0, 0.05) is 38.1 Å². The second-order valence-corrected chi connectivity index (χ2v) is 4.68. The minimum absolute atomic E-state index is 0.00870. The Labute approximate surface area is 109 Å². The van der Waals surface area contributed by atoms with Crippen molar-refractivity contribution in [2.75, 3.05) is 31.1 Å².